The maximum Gasteiger partial charge on any atom is 0.276 e. The minimum atomic E-state index is -0.887. The summed E-state index contributed by atoms with van der Waals surface area (Å²) in [6.07, 6.45) is 3.61. The Morgan fingerprint density at radius 3 is 2.45 bits per heavy atom. The predicted octanol–water partition coefficient (Wildman–Crippen LogP) is 4.12. The van der Waals surface area contributed by atoms with Crippen molar-refractivity contribution in [2.75, 3.05) is 0 Å². The van der Waals surface area contributed by atoms with E-state index in [1.807, 2.05) is 30.3 Å². The zero-order valence-electron chi connectivity index (χ0n) is 16.9. The highest BCUT2D eigenvalue weighted by molar-refractivity contribution is 7.03. The van der Waals surface area contributed by atoms with E-state index in [4.69, 9.17) is 0 Å². The Balaban J connectivity index is 1.68. The van der Waals surface area contributed by atoms with Crippen LogP contribution >= 0.6 is 11.5 Å². The summed E-state index contributed by atoms with van der Waals surface area (Å²) >= 11 is 1.09. The van der Waals surface area contributed by atoms with Crippen molar-refractivity contribution in [1.82, 2.24) is 19.8 Å². The van der Waals surface area contributed by atoms with E-state index in [2.05, 4.69) is 14.9 Å². The molecule has 160 valence electrons. The van der Waals surface area contributed by atoms with Gasteiger partial charge in [0.05, 0.1) is 0 Å². The molecule has 1 atom stereocenters. The molecule has 6 nitrogen and oxygen atoms in total. The Labute approximate surface area is 184 Å². The topological polar surface area (TPSA) is 75.2 Å². The van der Waals surface area contributed by atoms with Crippen LogP contribution in [0.5, 0.6) is 0 Å². The fourth-order valence-corrected chi connectivity index (χ4v) is 4.46. The molecule has 0 radical (unpaired) electrons. The van der Waals surface area contributed by atoms with Gasteiger partial charge in [0.2, 0.25) is 5.91 Å². The zero-order chi connectivity index (χ0) is 21.6. The summed E-state index contributed by atoms with van der Waals surface area (Å²) in [5.74, 6) is -1.03. The van der Waals surface area contributed by atoms with Gasteiger partial charge in [-0.1, -0.05) is 59.8 Å². The van der Waals surface area contributed by atoms with E-state index in [9.17, 15) is 14.0 Å². The summed E-state index contributed by atoms with van der Waals surface area (Å²) in [4.78, 5) is 28.5. The van der Waals surface area contributed by atoms with Crippen LogP contribution in [0.3, 0.4) is 0 Å². The first kappa shape index (κ1) is 21.1. The van der Waals surface area contributed by atoms with Gasteiger partial charge in [0.25, 0.3) is 5.91 Å². The van der Waals surface area contributed by atoms with Gasteiger partial charge in [-0.25, -0.2) is 4.39 Å². The van der Waals surface area contributed by atoms with Crippen molar-refractivity contribution < 1.29 is 14.0 Å². The summed E-state index contributed by atoms with van der Waals surface area (Å²) in [7, 11) is 0. The van der Waals surface area contributed by atoms with Gasteiger partial charge in [-0.3, -0.25) is 9.59 Å². The fourth-order valence-electron chi connectivity index (χ4n) is 4.03. The minimum Gasteiger partial charge on any atom is -0.350 e. The van der Waals surface area contributed by atoms with Gasteiger partial charge in [0, 0.05) is 18.0 Å². The molecule has 0 spiro atoms. The molecule has 0 unspecified atom stereocenters. The lowest BCUT2D eigenvalue weighted by atomic mass is 10.0. The van der Waals surface area contributed by atoms with E-state index in [0.29, 0.717) is 12.1 Å². The standard InChI is InChI=1S/C23H23FN4O2S/c24-18-12-10-17(11-13-18)21(22(29)25-14-16-6-2-1-3-7-16)28(19-8-4-5-9-19)23(30)20-15-31-27-26-20/h1-3,6-7,10-13,15,19,21H,4-5,8-9,14H2,(H,25,29)/t21-/m0/s1. The lowest BCUT2D eigenvalue weighted by molar-refractivity contribution is -0.126. The molecule has 8 heteroatoms. The Morgan fingerprint density at radius 1 is 1.10 bits per heavy atom. The van der Waals surface area contributed by atoms with Crippen LogP contribution in [0.25, 0.3) is 0 Å². The van der Waals surface area contributed by atoms with Gasteiger partial charge >= 0.3 is 0 Å². The van der Waals surface area contributed by atoms with Crippen LogP contribution in [0, 0.1) is 5.82 Å². The van der Waals surface area contributed by atoms with Crippen LogP contribution in [-0.4, -0.2) is 32.3 Å². The summed E-state index contributed by atoms with van der Waals surface area (Å²) in [6, 6.07) is 14.4. The van der Waals surface area contributed by atoms with Crippen molar-refractivity contribution in [1.29, 1.82) is 0 Å². The van der Waals surface area contributed by atoms with E-state index in [0.717, 1.165) is 42.8 Å². The molecule has 2 amide bonds. The largest absolute Gasteiger partial charge is 0.350 e. The second-order valence-corrected chi connectivity index (χ2v) is 8.21. The summed E-state index contributed by atoms with van der Waals surface area (Å²) in [5, 5.41) is 8.48. The normalized spacial score (nSPS) is 14.9. The molecule has 1 heterocycles. The molecule has 1 aromatic heterocycles. The summed E-state index contributed by atoms with van der Waals surface area (Å²) < 4.78 is 17.4. The van der Waals surface area contributed by atoms with Gasteiger partial charge in [-0.15, -0.1) is 5.10 Å². The average Bonchev–Trinajstić information content (AvgIpc) is 3.51. The number of hydrogen-bond acceptors (Lipinski definition) is 5. The molecule has 1 saturated carbocycles. The molecule has 1 fully saturated rings. The third kappa shape index (κ3) is 4.96. The number of amides is 2. The first-order valence-electron chi connectivity index (χ1n) is 10.3. The van der Waals surface area contributed by atoms with Gasteiger partial charge in [0.15, 0.2) is 5.69 Å². The molecular formula is C23H23FN4O2S. The van der Waals surface area contributed by atoms with Crippen molar-refractivity contribution in [3.8, 4) is 0 Å². The SMILES string of the molecule is O=C(NCc1ccccc1)[C@H](c1ccc(F)cc1)N(C(=O)c1csnn1)C1CCCC1. The van der Waals surface area contributed by atoms with Crippen LogP contribution in [-0.2, 0) is 11.3 Å². The third-order valence-corrected chi connectivity index (χ3v) is 6.06. The van der Waals surface area contributed by atoms with Crippen LogP contribution in [0.15, 0.2) is 60.0 Å². The first-order valence-corrected chi connectivity index (χ1v) is 11.1. The number of hydrogen-bond donors (Lipinski definition) is 1. The van der Waals surface area contributed by atoms with Crippen molar-refractivity contribution in [2.45, 2.75) is 44.3 Å². The lowest BCUT2D eigenvalue weighted by Crippen LogP contribution is -2.48. The van der Waals surface area contributed by atoms with Crippen LogP contribution in [0.1, 0.15) is 53.3 Å². The number of benzene rings is 2. The van der Waals surface area contributed by atoms with E-state index >= 15 is 0 Å². The monoisotopic (exact) mass is 438 g/mol. The molecule has 1 aliphatic rings. The second-order valence-electron chi connectivity index (χ2n) is 7.60. The highest BCUT2D eigenvalue weighted by Crippen LogP contribution is 2.33. The van der Waals surface area contributed by atoms with E-state index < -0.39 is 11.9 Å². The molecule has 31 heavy (non-hydrogen) atoms. The minimum absolute atomic E-state index is 0.0910. The highest BCUT2D eigenvalue weighted by atomic mass is 32.1. The molecule has 3 aromatic rings. The van der Waals surface area contributed by atoms with Crippen LogP contribution in [0.4, 0.5) is 4.39 Å². The van der Waals surface area contributed by atoms with Crippen LogP contribution in [0.2, 0.25) is 0 Å². The molecule has 0 bridgehead atoms. The molecule has 2 aromatic carbocycles. The third-order valence-electron chi connectivity index (χ3n) is 5.55. The number of carbonyl (C=O) groups excluding carboxylic acids is 2. The summed E-state index contributed by atoms with van der Waals surface area (Å²) in [5.41, 5.74) is 1.74. The smallest absolute Gasteiger partial charge is 0.276 e. The zero-order valence-corrected chi connectivity index (χ0v) is 17.7. The number of aromatic nitrogens is 2. The lowest BCUT2D eigenvalue weighted by Gasteiger charge is -2.35. The van der Waals surface area contributed by atoms with Gasteiger partial charge < -0.3 is 10.2 Å². The average molecular weight is 439 g/mol. The fraction of sp³-hybridized carbons (Fsp3) is 0.304. The van der Waals surface area contributed by atoms with Crippen molar-refractivity contribution in [3.63, 3.8) is 0 Å². The van der Waals surface area contributed by atoms with E-state index in [1.165, 1.54) is 12.1 Å². The quantitative estimate of drug-likeness (QED) is 0.602. The maximum absolute atomic E-state index is 13.6. The number of nitrogens with one attached hydrogen (secondary N) is 1. The second kappa shape index (κ2) is 9.78. The van der Waals surface area contributed by atoms with Gasteiger partial charge in [-0.05, 0) is 47.6 Å². The first-order chi connectivity index (χ1) is 15.1. The Morgan fingerprint density at radius 2 is 1.81 bits per heavy atom. The van der Waals surface area contributed by atoms with Crippen molar-refractivity contribution in [2.24, 2.45) is 0 Å². The Hall–Kier alpha value is -3.13. The molecule has 1 aliphatic carbocycles. The van der Waals surface area contributed by atoms with Crippen molar-refractivity contribution >= 4 is 23.3 Å². The van der Waals surface area contributed by atoms with Crippen LogP contribution < -0.4 is 5.32 Å². The molecule has 0 aliphatic heterocycles. The molecular weight excluding hydrogens is 415 g/mol. The Bertz CT molecular complexity index is 1010. The maximum atomic E-state index is 13.6. The Kier molecular flexibility index (Phi) is 6.66. The number of nitrogens with zero attached hydrogens (tertiary/aromatic N) is 3. The highest BCUT2D eigenvalue weighted by Gasteiger charge is 2.38. The van der Waals surface area contributed by atoms with Gasteiger partial charge in [-0.2, -0.15) is 0 Å². The van der Waals surface area contributed by atoms with E-state index in [-0.39, 0.29) is 23.6 Å². The van der Waals surface area contributed by atoms with Gasteiger partial charge in [0.1, 0.15) is 11.9 Å². The number of carbonyl (C=O) groups is 2. The number of halogens is 1. The molecule has 1 N–H and O–H groups in total. The molecule has 4 rings (SSSR count). The summed E-state index contributed by atoms with van der Waals surface area (Å²) in [6.45, 7) is 0.336. The van der Waals surface area contributed by atoms with E-state index in [1.54, 1.807) is 22.4 Å². The molecule has 0 saturated heterocycles. The predicted molar refractivity (Wildman–Crippen MR) is 116 cm³/mol. The van der Waals surface area contributed by atoms with Crippen molar-refractivity contribution in [3.05, 3.63) is 82.6 Å². The number of rotatable bonds is 7.